The van der Waals surface area contributed by atoms with Gasteiger partial charge in [-0.1, -0.05) is 31.2 Å². The molecule has 6 nitrogen and oxygen atoms in total. The number of hydrogen-bond acceptors (Lipinski definition) is 5. The number of hydrogen-bond donors (Lipinski definition) is 2. The maximum atomic E-state index is 11.7. The predicted molar refractivity (Wildman–Crippen MR) is 103 cm³/mol. The minimum atomic E-state index is -3.81. The standard InChI is InChI=1S/C19H26N4O2S/c1-15-6-5-11-23(13-15)14-17-8-3-2-7-16(17)12-22-19-18(26(20,24)25)9-4-10-21-19/h2-4,7-10,15H,5-6,11-14H2,1H3,(H,21,22)(H2,20,24,25)/t15-/m0/s1. The average Bonchev–Trinajstić information content (AvgIpc) is 2.60. The van der Waals surface area contributed by atoms with Crippen LogP contribution in [0.5, 0.6) is 0 Å². The summed E-state index contributed by atoms with van der Waals surface area (Å²) in [5.74, 6) is 1.02. The van der Waals surface area contributed by atoms with Crippen molar-refractivity contribution in [1.82, 2.24) is 9.88 Å². The van der Waals surface area contributed by atoms with Crippen LogP contribution in [-0.4, -0.2) is 31.4 Å². The molecule has 7 heteroatoms. The molecule has 0 aliphatic carbocycles. The minimum absolute atomic E-state index is 0.0161. The summed E-state index contributed by atoms with van der Waals surface area (Å²) in [7, 11) is -3.81. The zero-order chi connectivity index (χ0) is 18.6. The Kier molecular flexibility index (Phi) is 5.90. The molecular formula is C19H26N4O2S. The number of benzene rings is 1. The summed E-state index contributed by atoms with van der Waals surface area (Å²) in [4.78, 5) is 6.64. The number of nitrogens with one attached hydrogen (secondary N) is 1. The molecule has 1 aromatic carbocycles. The van der Waals surface area contributed by atoms with Crippen molar-refractivity contribution in [2.45, 2.75) is 37.8 Å². The molecule has 1 saturated heterocycles. The molecule has 2 aromatic rings. The van der Waals surface area contributed by atoms with Gasteiger partial charge in [-0.05, 0) is 48.6 Å². The number of aromatic nitrogens is 1. The van der Waals surface area contributed by atoms with Gasteiger partial charge in [-0.2, -0.15) is 0 Å². The highest BCUT2D eigenvalue weighted by atomic mass is 32.2. The van der Waals surface area contributed by atoms with E-state index in [1.54, 1.807) is 12.3 Å². The predicted octanol–water partition coefficient (Wildman–Crippen LogP) is 2.57. The molecule has 1 atom stereocenters. The summed E-state index contributed by atoms with van der Waals surface area (Å²) in [6.45, 7) is 5.96. The number of piperidine rings is 1. The Bertz CT molecular complexity index is 854. The molecule has 3 rings (SSSR count). The third kappa shape index (κ3) is 4.81. The van der Waals surface area contributed by atoms with Crippen LogP contribution in [0.1, 0.15) is 30.9 Å². The Balaban J connectivity index is 1.73. The van der Waals surface area contributed by atoms with Gasteiger partial charge in [0.2, 0.25) is 10.0 Å². The van der Waals surface area contributed by atoms with E-state index in [-0.39, 0.29) is 10.7 Å². The fourth-order valence-corrected chi connectivity index (χ4v) is 4.15. The number of nitrogens with zero attached hydrogens (tertiary/aromatic N) is 2. The molecule has 1 aromatic heterocycles. The molecule has 1 aliphatic rings. The van der Waals surface area contributed by atoms with Crippen molar-refractivity contribution in [2.24, 2.45) is 11.1 Å². The molecule has 0 saturated carbocycles. The van der Waals surface area contributed by atoms with E-state index in [1.807, 2.05) is 12.1 Å². The molecule has 0 spiro atoms. The second-order valence-electron chi connectivity index (χ2n) is 7.00. The molecule has 140 valence electrons. The van der Waals surface area contributed by atoms with Gasteiger partial charge in [0, 0.05) is 25.8 Å². The zero-order valence-electron chi connectivity index (χ0n) is 15.1. The lowest BCUT2D eigenvalue weighted by molar-refractivity contribution is 0.176. The van der Waals surface area contributed by atoms with Crippen molar-refractivity contribution in [2.75, 3.05) is 18.4 Å². The van der Waals surface area contributed by atoms with E-state index in [4.69, 9.17) is 5.14 Å². The van der Waals surface area contributed by atoms with Crippen molar-refractivity contribution in [3.05, 3.63) is 53.7 Å². The van der Waals surface area contributed by atoms with Crippen LogP contribution in [0.2, 0.25) is 0 Å². The smallest absolute Gasteiger partial charge is 0.241 e. The Hall–Kier alpha value is -1.96. The molecule has 3 N–H and O–H groups in total. The van der Waals surface area contributed by atoms with E-state index in [0.29, 0.717) is 6.54 Å². The number of anilines is 1. The third-order valence-corrected chi connectivity index (χ3v) is 5.72. The first-order chi connectivity index (χ1) is 12.4. The van der Waals surface area contributed by atoms with Crippen LogP contribution in [0, 0.1) is 5.92 Å². The topological polar surface area (TPSA) is 88.3 Å². The number of pyridine rings is 1. The molecule has 0 unspecified atom stereocenters. The largest absolute Gasteiger partial charge is 0.365 e. The van der Waals surface area contributed by atoms with Crippen LogP contribution >= 0.6 is 0 Å². The van der Waals surface area contributed by atoms with Gasteiger partial charge in [0.05, 0.1) is 0 Å². The van der Waals surface area contributed by atoms with Gasteiger partial charge in [-0.3, -0.25) is 4.90 Å². The van der Waals surface area contributed by atoms with Crippen molar-refractivity contribution < 1.29 is 8.42 Å². The number of likely N-dealkylation sites (tertiary alicyclic amines) is 1. The highest BCUT2D eigenvalue weighted by molar-refractivity contribution is 7.89. The second kappa shape index (κ2) is 8.16. The molecule has 0 bridgehead atoms. The first-order valence-corrected chi connectivity index (χ1v) is 10.5. The van der Waals surface area contributed by atoms with Gasteiger partial charge in [0.1, 0.15) is 10.7 Å². The monoisotopic (exact) mass is 374 g/mol. The highest BCUT2D eigenvalue weighted by Gasteiger charge is 2.18. The van der Waals surface area contributed by atoms with Crippen molar-refractivity contribution in [3.63, 3.8) is 0 Å². The van der Waals surface area contributed by atoms with Crippen molar-refractivity contribution in [1.29, 1.82) is 0 Å². The first kappa shape index (κ1) is 18.8. The first-order valence-electron chi connectivity index (χ1n) is 8.94. The summed E-state index contributed by atoms with van der Waals surface area (Å²) < 4.78 is 23.4. The van der Waals surface area contributed by atoms with E-state index in [1.165, 1.54) is 24.5 Å². The van der Waals surface area contributed by atoms with Crippen molar-refractivity contribution >= 4 is 15.8 Å². The summed E-state index contributed by atoms with van der Waals surface area (Å²) >= 11 is 0. The zero-order valence-corrected chi connectivity index (χ0v) is 15.9. The normalized spacial score (nSPS) is 18.6. The van der Waals surface area contributed by atoms with E-state index in [2.05, 4.69) is 34.3 Å². The SMILES string of the molecule is C[C@H]1CCCN(Cc2ccccc2CNc2ncccc2S(N)(=O)=O)C1. The van der Waals surface area contributed by atoms with Gasteiger partial charge < -0.3 is 5.32 Å². The fraction of sp³-hybridized carbons (Fsp3) is 0.421. The molecule has 1 aliphatic heterocycles. The lowest BCUT2D eigenvalue weighted by atomic mass is 9.99. The van der Waals surface area contributed by atoms with Gasteiger partial charge in [-0.25, -0.2) is 18.5 Å². The number of primary sulfonamides is 1. The maximum absolute atomic E-state index is 11.7. The summed E-state index contributed by atoms with van der Waals surface area (Å²) in [5.41, 5.74) is 2.39. The lowest BCUT2D eigenvalue weighted by Gasteiger charge is -2.31. The number of sulfonamides is 1. The fourth-order valence-electron chi connectivity index (χ4n) is 3.49. The van der Waals surface area contributed by atoms with E-state index >= 15 is 0 Å². The van der Waals surface area contributed by atoms with Crippen LogP contribution in [0.15, 0.2) is 47.5 Å². The lowest BCUT2D eigenvalue weighted by Crippen LogP contribution is -2.34. The van der Waals surface area contributed by atoms with Crippen LogP contribution in [0.4, 0.5) is 5.82 Å². The van der Waals surface area contributed by atoms with Crippen LogP contribution < -0.4 is 10.5 Å². The Morgan fingerprint density at radius 3 is 2.73 bits per heavy atom. The molecule has 26 heavy (non-hydrogen) atoms. The van der Waals surface area contributed by atoms with Gasteiger partial charge in [-0.15, -0.1) is 0 Å². The van der Waals surface area contributed by atoms with E-state index in [9.17, 15) is 8.42 Å². The summed E-state index contributed by atoms with van der Waals surface area (Å²) in [6, 6.07) is 11.3. The van der Waals surface area contributed by atoms with Gasteiger partial charge in [0.15, 0.2) is 0 Å². The Morgan fingerprint density at radius 2 is 2.00 bits per heavy atom. The van der Waals surface area contributed by atoms with Crippen LogP contribution in [0.25, 0.3) is 0 Å². The third-order valence-electron chi connectivity index (χ3n) is 4.78. The Morgan fingerprint density at radius 1 is 1.23 bits per heavy atom. The minimum Gasteiger partial charge on any atom is -0.365 e. The second-order valence-corrected chi connectivity index (χ2v) is 8.53. The van der Waals surface area contributed by atoms with Crippen LogP contribution in [0.3, 0.4) is 0 Å². The van der Waals surface area contributed by atoms with E-state index in [0.717, 1.165) is 31.1 Å². The number of nitrogens with two attached hydrogens (primary N) is 1. The molecular weight excluding hydrogens is 348 g/mol. The quantitative estimate of drug-likeness (QED) is 0.811. The number of rotatable bonds is 6. The Labute approximate surface area is 155 Å². The average molecular weight is 375 g/mol. The van der Waals surface area contributed by atoms with Gasteiger partial charge in [0.25, 0.3) is 0 Å². The molecule has 0 amide bonds. The van der Waals surface area contributed by atoms with Crippen molar-refractivity contribution in [3.8, 4) is 0 Å². The van der Waals surface area contributed by atoms with E-state index < -0.39 is 10.0 Å². The van der Waals surface area contributed by atoms with Gasteiger partial charge >= 0.3 is 0 Å². The maximum Gasteiger partial charge on any atom is 0.241 e. The molecule has 1 fully saturated rings. The molecule has 2 heterocycles. The molecule has 0 radical (unpaired) electrons. The summed E-state index contributed by atoms with van der Waals surface area (Å²) in [5, 5.41) is 8.41. The van der Waals surface area contributed by atoms with Crippen LogP contribution in [-0.2, 0) is 23.1 Å². The highest BCUT2D eigenvalue weighted by Crippen LogP contribution is 2.21. The summed E-state index contributed by atoms with van der Waals surface area (Å²) in [6.07, 6.45) is 4.10.